The number of carbonyl (C=O) groups excluding carboxylic acids is 1. The van der Waals surface area contributed by atoms with Crippen LogP contribution in [-0.2, 0) is 14.6 Å². The minimum Gasteiger partial charge on any atom is -0.334 e. The molecule has 4 nitrogen and oxygen atoms in total. The lowest BCUT2D eigenvalue weighted by molar-refractivity contribution is -0.154. The van der Waals surface area contributed by atoms with Gasteiger partial charge >= 0.3 is 0 Å². The third-order valence-electron chi connectivity index (χ3n) is 4.60. The summed E-state index contributed by atoms with van der Waals surface area (Å²) in [5.41, 5.74) is 2.07. The molecule has 0 bridgehead atoms. The molecule has 2 unspecified atom stereocenters. The van der Waals surface area contributed by atoms with Gasteiger partial charge in [-0.1, -0.05) is 55.0 Å². The summed E-state index contributed by atoms with van der Waals surface area (Å²) in [6.07, 6.45) is 0. The molecule has 0 aliphatic carbocycles. The highest BCUT2D eigenvalue weighted by Crippen LogP contribution is 2.39. The Balaban J connectivity index is 1.73. The molecule has 0 saturated carbocycles. The zero-order valence-corrected chi connectivity index (χ0v) is 14.7. The molecule has 1 amide bonds. The van der Waals surface area contributed by atoms with Crippen LogP contribution in [-0.4, -0.2) is 31.5 Å². The van der Waals surface area contributed by atoms with E-state index in [9.17, 15) is 13.2 Å². The largest absolute Gasteiger partial charge is 0.334 e. The second-order valence-electron chi connectivity index (χ2n) is 6.31. The van der Waals surface area contributed by atoms with E-state index in [0.717, 1.165) is 11.1 Å². The molecular formula is C19H21NO3S. The Kier molecular flexibility index (Phi) is 4.45. The summed E-state index contributed by atoms with van der Waals surface area (Å²) < 4.78 is 25.0. The summed E-state index contributed by atoms with van der Waals surface area (Å²) in [5.74, 6) is -0.143. The maximum atomic E-state index is 12.5. The summed E-state index contributed by atoms with van der Waals surface area (Å²) in [5, 5.41) is 0. The predicted octanol–water partition coefficient (Wildman–Crippen LogP) is 2.99. The van der Waals surface area contributed by atoms with Gasteiger partial charge in [-0.25, -0.2) is 8.42 Å². The lowest BCUT2D eigenvalue weighted by Gasteiger charge is -2.46. The highest BCUT2D eigenvalue weighted by molar-refractivity contribution is 7.91. The van der Waals surface area contributed by atoms with E-state index in [-0.39, 0.29) is 30.2 Å². The Hall–Kier alpha value is -2.14. The molecule has 0 aromatic heterocycles. The third-order valence-corrected chi connectivity index (χ3v) is 6.31. The number of benzene rings is 2. The number of nitrogens with zero attached hydrogens (tertiary/aromatic N) is 1. The van der Waals surface area contributed by atoms with Crippen molar-refractivity contribution in [3.8, 4) is 0 Å². The maximum absolute atomic E-state index is 12.5. The van der Waals surface area contributed by atoms with Crippen molar-refractivity contribution in [2.75, 3.05) is 12.3 Å². The molecule has 2 aromatic carbocycles. The van der Waals surface area contributed by atoms with Gasteiger partial charge in [-0.3, -0.25) is 4.79 Å². The van der Waals surface area contributed by atoms with Crippen molar-refractivity contribution in [2.24, 2.45) is 5.92 Å². The number of hydrogen-bond donors (Lipinski definition) is 0. The quantitative estimate of drug-likeness (QED) is 0.784. The summed E-state index contributed by atoms with van der Waals surface area (Å²) >= 11 is 0. The first-order valence-corrected chi connectivity index (χ1v) is 9.70. The number of carbonyl (C=O) groups is 1. The predicted molar refractivity (Wildman–Crippen MR) is 93.3 cm³/mol. The van der Waals surface area contributed by atoms with Crippen LogP contribution in [0.4, 0.5) is 0 Å². The van der Waals surface area contributed by atoms with Crippen molar-refractivity contribution in [1.29, 1.82) is 0 Å². The smallest absolute Gasteiger partial charge is 0.228 e. The molecule has 1 fully saturated rings. The molecule has 2 atom stereocenters. The van der Waals surface area contributed by atoms with Crippen LogP contribution in [0.25, 0.3) is 0 Å². The first-order chi connectivity index (χ1) is 11.4. The van der Waals surface area contributed by atoms with E-state index in [0.29, 0.717) is 4.90 Å². The molecule has 0 radical (unpaired) electrons. The lowest BCUT2D eigenvalue weighted by Crippen LogP contribution is -2.54. The summed E-state index contributed by atoms with van der Waals surface area (Å²) in [7, 11) is -3.39. The van der Waals surface area contributed by atoms with Crippen LogP contribution >= 0.6 is 0 Å². The van der Waals surface area contributed by atoms with Gasteiger partial charge in [0.25, 0.3) is 0 Å². The summed E-state index contributed by atoms with van der Waals surface area (Å²) in [6.45, 7) is 4.03. The maximum Gasteiger partial charge on any atom is 0.228 e. The normalized spacial score (nSPS) is 20.8. The van der Waals surface area contributed by atoms with Crippen LogP contribution < -0.4 is 0 Å². The van der Waals surface area contributed by atoms with Gasteiger partial charge in [0.05, 0.1) is 22.6 Å². The fourth-order valence-corrected chi connectivity index (χ4v) is 4.40. The third kappa shape index (κ3) is 3.08. The van der Waals surface area contributed by atoms with E-state index >= 15 is 0 Å². The zero-order chi connectivity index (χ0) is 17.3. The SMILES string of the molecule is Cc1ccc(S(=O)(=O)CCN2C(=O)C(C)C2c2ccccc2)cc1. The van der Waals surface area contributed by atoms with Crippen LogP contribution in [0.3, 0.4) is 0 Å². The molecule has 0 N–H and O–H groups in total. The topological polar surface area (TPSA) is 54.5 Å². The Morgan fingerprint density at radius 3 is 2.25 bits per heavy atom. The number of β-lactam (4-membered cyclic amide) rings is 1. The Bertz CT molecular complexity index is 829. The fourth-order valence-electron chi connectivity index (χ4n) is 3.17. The first kappa shape index (κ1) is 16.7. The molecule has 2 aromatic rings. The summed E-state index contributed by atoms with van der Waals surface area (Å²) in [6, 6.07) is 16.6. The van der Waals surface area contributed by atoms with Crippen molar-refractivity contribution in [1.82, 2.24) is 4.90 Å². The fraction of sp³-hybridized carbons (Fsp3) is 0.316. The lowest BCUT2D eigenvalue weighted by atomic mass is 9.84. The van der Waals surface area contributed by atoms with Crippen LogP contribution in [0.5, 0.6) is 0 Å². The number of amides is 1. The average molecular weight is 343 g/mol. The van der Waals surface area contributed by atoms with Gasteiger partial charge in [-0.05, 0) is 24.6 Å². The monoisotopic (exact) mass is 343 g/mol. The van der Waals surface area contributed by atoms with E-state index in [1.165, 1.54) is 0 Å². The van der Waals surface area contributed by atoms with Gasteiger partial charge in [0.15, 0.2) is 9.84 Å². The van der Waals surface area contributed by atoms with E-state index < -0.39 is 9.84 Å². The van der Waals surface area contributed by atoms with Crippen LogP contribution in [0.2, 0.25) is 0 Å². The van der Waals surface area contributed by atoms with Crippen LogP contribution in [0.1, 0.15) is 24.1 Å². The number of aryl methyl sites for hydroxylation is 1. The van der Waals surface area contributed by atoms with Crippen molar-refractivity contribution >= 4 is 15.7 Å². The number of hydrogen-bond acceptors (Lipinski definition) is 3. The van der Waals surface area contributed by atoms with Gasteiger partial charge in [0.2, 0.25) is 5.91 Å². The molecule has 0 spiro atoms. The van der Waals surface area contributed by atoms with Crippen molar-refractivity contribution in [2.45, 2.75) is 24.8 Å². The van der Waals surface area contributed by atoms with E-state index in [4.69, 9.17) is 0 Å². The molecule has 1 aliphatic heterocycles. The standard InChI is InChI=1S/C19H21NO3S/c1-14-8-10-17(11-9-14)24(22,23)13-12-20-18(15(2)19(20)21)16-6-4-3-5-7-16/h3-11,15,18H,12-13H2,1-2H3. The van der Waals surface area contributed by atoms with E-state index in [2.05, 4.69) is 0 Å². The number of rotatable bonds is 5. The molecule has 1 saturated heterocycles. The first-order valence-electron chi connectivity index (χ1n) is 8.05. The van der Waals surface area contributed by atoms with Gasteiger partial charge in [0, 0.05) is 6.54 Å². The van der Waals surface area contributed by atoms with E-state index in [1.807, 2.05) is 44.2 Å². The van der Waals surface area contributed by atoms with E-state index in [1.54, 1.807) is 29.2 Å². The molecule has 24 heavy (non-hydrogen) atoms. The molecular weight excluding hydrogens is 322 g/mol. The number of likely N-dealkylation sites (tertiary alicyclic amines) is 1. The Morgan fingerprint density at radius 1 is 1.00 bits per heavy atom. The molecule has 5 heteroatoms. The minimum atomic E-state index is -3.39. The second kappa shape index (κ2) is 6.40. The highest BCUT2D eigenvalue weighted by atomic mass is 32.2. The Labute approximate surface area is 143 Å². The van der Waals surface area contributed by atoms with Crippen molar-refractivity contribution in [3.05, 3.63) is 65.7 Å². The minimum absolute atomic E-state index is 0.0166. The highest BCUT2D eigenvalue weighted by Gasteiger charge is 2.44. The molecule has 3 rings (SSSR count). The van der Waals surface area contributed by atoms with Gasteiger partial charge < -0.3 is 4.90 Å². The number of sulfone groups is 1. The van der Waals surface area contributed by atoms with Crippen molar-refractivity contribution in [3.63, 3.8) is 0 Å². The van der Waals surface area contributed by atoms with Gasteiger partial charge in [0.1, 0.15) is 0 Å². The van der Waals surface area contributed by atoms with Crippen LogP contribution in [0, 0.1) is 12.8 Å². The van der Waals surface area contributed by atoms with Crippen LogP contribution in [0.15, 0.2) is 59.5 Å². The van der Waals surface area contributed by atoms with Gasteiger partial charge in [-0.2, -0.15) is 0 Å². The van der Waals surface area contributed by atoms with Crippen molar-refractivity contribution < 1.29 is 13.2 Å². The Morgan fingerprint density at radius 2 is 1.62 bits per heavy atom. The zero-order valence-electron chi connectivity index (χ0n) is 13.8. The summed E-state index contributed by atoms with van der Waals surface area (Å²) in [4.78, 5) is 14.2. The molecule has 1 aliphatic rings. The second-order valence-corrected chi connectivity index (χ2v) is 8.42. The molecule has 1 heterocycles. The van der Waals surface area contributed by atoms with Gasteiger partial charge in [-0.15, -0.1) is 0 Å². The molecule has 126 valence electrons. The average Bonchev–Trinajstić information content (AvgIpc) is 2.58.